The minimum absolute atomic E-state index is 0.166. The first-order valence-electron chi connectivity index (χ1n) is 10.1. The fraction of sp³-hybridized carbons (Fsp3) is 0.227. The van der Waals surface area contributed by atoms with Crippen LogP contribution < -0.4 is 10.1 Å². The number of aryl methyl sites for hydroxylation is 1. The van der Waals surface area contributed by atoms with E-state index in [2.05, 4.69) is 43.2 Å². The fourth-order valence-corrected chi connectivity index (χ4v) is 3.19. The van der Waals surface area contributed by atoms with E-state index in [1.807, 2.05) is 53.3 Å². The summed E-state index contributed by atoms with van der Waals surface area (Å²) in [6, 6.07) is 18.2. The second-order valence-electron chi connectivity index (χ2n) is 7.01. The van der Waals surface area contributed by atoms with Crippen molar-refractivity contribution in [3.63, 3.8) is 0 Å². The molecule has 0 aliphatic carbocycles. The van der Waals surface area contributed by atoms with Crippen LogP contribution in [0.3, 0.4) is 0 Å². The molecule has 0 saturated heterocycles. The van der Waals surface area contributed by atoms with Crippen LogP contribution >= 0.6 is 0 Å². The van der Waals surface area contributed by atoms with Crippen LogP contribution in [-0.4, -0.2) is 42.9 Å². The molecule has 0 spiro atoms. The molecule has 1 amide bonds. The third kappa shape index (κ3) is 5.99. The Morgan fingerprint density at radius 1 is 1.06 bits per heavy atom. The number of carbonyl (C=O) groups excluding carboxylic acids is 1. The smallest absolute Gasteiger partial charge is 0.269 e. The molecule has 31 heavy (non-hydrogen) atoms. The summed E-state index contributed by atoms with van der Waals surface area (Å²) >= 11 is 0. The Balaban J connectivity index is 1.42. The van der Waals surface area contributed by atoms with Gasteiger partial charge in [-0.25, -0.2) is 0 Å². The summed E-state index contributed by atoms with van der Waals surface area (Å²) in [7, 11) is 0. The minimum atomic E-state index is -0.183. The Labute approximate surface area is 179 Å². The summed E-state index contributed by atoms with van der Waals surface area (Å²) in [5.41, 5.74) is 3.27. The van der Waals surface area contributed by atoms with E-state index in [0.29, 0.717) is 19.6 Å². The van der Waals surface area contributed by atoms with E-state index >= 15 is 0 Å². The first-order chi connectivity index (χ1) is 15.3. The van der Waals surface area contributed by atoms with E-state index < -0.39 is 0 Å². The van der Waals surface area contributed by atoms with Gasteiger partial charge in [0.15, 0.2) is 0 Å². The second kappa shape index (κ2) is 10.1. The van der Waals surface area contributed by atoms with Gasteiger partial charge in [-0.1, -0.05) is 47.6 Å². The lowest BCUT2D eigenvalue weighted by Gasteiger charge is -2.14. The van der Waals surface area contributed by atoms with Crippen molar-refractivity contribution in [3.8, 4) is 5.75 Å². The SMILES string of the molecule is O=C(CCc1ccc(Cn2cccn2)cc1OCCc1ccccc1)Nc1nn[nH]n1. The third-order valence-corrected chi connectivity index (χ3v) is 4.74. The highest BCUT2D eigenvalue weighted by molar-refractivity contribution is 5.88. The quantitative estimate of drug-likeness (QED) is 0.410. The van der Waals surface area contributed by atoms with E-state index in [0.717, 1.165) is 23.3 Å². The van der Waals surface area contributed by atoms with Crippen molar-refractivity contribution in [1.29, 1.82) is 0 Å². The molecule has 2 aromatic heterocycles. The van der Waals surface area contributed by atoms with E-state index in [1.54, 1.807) is 6.20 Å². The topological polar surface area (TPSA) is 111 Å². The molecule has 0 bridgehead atoms. The number of carbonyl (C=O) groups is 1. The average Bonchev–Trinajstić information content (AvgIpc) is 3.48. The lowest BCUT2D eigenvalue weighted by atomic mass is 10.1. The molecule has 4 rings (SSSR count). The molecule has 0 fully saturated rings. The second-order valence-corrected chi connectivity index (χ2v) is 7.01. The lowest BCUT2D eigenvalue weighted by Crippen LogP contribution is -2.14. The summed E-state index contributed by atoms with van der Waals surface area (Å²) in [4.78, 5) is 12.2. The van der Waals surface area contributed by atoms with Gasteiger partial charge in [0.1, 0.15) is 5.75 Å². The standard InChI is InChI=1S/C22H23N7O2/c30-21(24-22-25-27-28-26-22)10-9-19-8-7-18(16-29-13-4-12-23-29)15-20(19)31-14-11-17-5-2-1-3-6-17/h1-8,12-13,15H,9-11,14,16H2,(H2,24,25,26,27,28,30). The van der Waals surface area contributed by atoms with Crippen LogP contribution in [0.2, 0.25) is 0 Å². The monoisotopic (exact) mass is 417 g/mol. The van der Waals surface area contributed by atoms with Gasteiger partial charge in [0.2, 0.25) is 5.91 Å². The zero-order valence-corrected chi connectivity index (χ0v) is 16.9. The van der Waals surface area contributed by atoms with Crippen LogP contribution in [0.5, 0.6) is 5.75 Å². The number of hydrogen-bond acceptors (Lipinski definition) is 6. The maximum atomic E-state index is 12.2. The Hall–Kier alpha value is -4.01. The molecular weight excluding hydrogens is 394 g/mol. The zero-order valence-electron chi connectivity index (χ0n) is 16.9. The first kappa shape index (κ1) is 20.3. The number of benzene rings is 2. The van der Waals surface area contributed by atoms with Crippen molar-refractivity contribution in [3.05, 3.63) is 83.7 Å². The number of anilines is 1. The molecule has 0 radical (unpaired) electrons. The Morgan fingerprint density at radius 2 is 1.97 bits per heavy atom. The molecule has 9 nitrogen and oxygen atoms in total. The zero-order chi connectivity index (χ0) is 21.3. The number of aromatic nitrogens is 6. The molecule has 2 N–H and O–H groups in total. The van der Waals surface area contributed by atoms with Gasteiger partial charge in [0, 0.05) is 25.2 Å². The molecule has 0 atom stereocenters. The first-order valence-corrected chi connectivity index (χ1v) is 10.1. The predicted molar refractivity (Wildman–Crippen MR) is 115 cm³/mol. The van der Waals surface area contributed by atoms with Crippen LogP contribution in [0.25, 0.3) is 0 Å². The Morgan fingerprint density at radius 3 is 2.74 bits per heavy atom. The molecule has 0 saturated carbocycles. The minimum Gasteiger partial charge on any atom is -0.493 e. The normalized spacial score (nSPS) is 10.7. The van der Waals surface area contributed by atoms with Crippen molar-refractivity contribution in [1.82, 2.24) is 30.4 Å². The number of H-pyrrole nitrogens is 1. The highest BCUT2D eigenvalue weighted by Crippen LogP contribution is 2.23. The number of hydrogen-bond donors (Lipinski definition) is 2. The van der Waals surface area contributed by atoms with Gasteiger partial charge in [0.05, 0.1) is 13.2 Å². The molecule has 0 aliphatic rings. The van der Waals surface area contributed by atoms with E-state index in [-0.39, 0.29) is 18.3 Å². The summed E-state index contributed by atoms with van der Waals surface area (Å²) in [5, 5.41) is 20.1. The molecule has 2 aromatic carbocycles. The number of aromatic amines is 1. The maximum Gasteiger partial charge on any atom is 0.269 e. The molecule has 4 aromatic rings. The number of nitrogens with zero attached hydrogens (tertiary/aromatic N) is 5. The molecule has 158 valence electrons. The van der Waals surface area contributed by atoms with Crippen LogP contribution in [0.15, 0.2) is 67.0 Å². The van der Waals surface area contributed by atoms with E-state index in [4.69, 9.17) is 4.74 Å². The van der Waals surface area contributed by atoms with E-state index in [1.165, 1.54) is 5.56 Å². The van der Waals surface area contributed by atoms with Crippen LogP contribution in [0.4, 0.5) is 5.95 Å². The number of rotatable bonds is 10. The van der Waals surface area contributed by atoms with Gasteiger partial charge in [-0.2, -0.15) is 10.3 Å². The Bertz CT molecular complexity index is 1080. The largest absolute Gasteiger partial charge is 0.493 e. The van der Waals surface area contributed by atoms with Crippen LogP contribution in [0, 0.1) is 0 Å². The van der Waals surface area contributed by atoms with Crippen molar-refractivity contribution in [2.75, 3.05) is 11.9 Å². The summed E-state index contributed by atoms with van der Waals surface area (Å²) in [5.74, 6) is 0.768. The maximum absolute atomic E-state index is 12.2. The summed E-state index contributed by atoms with van der Waals surface area (Å²) in [6.45, 7) is 1.21. The van der Waals surface area contributed by atoms with Gasteiger partial charge >= 0.3 is 0 Å². The number of nitrogens with one attached hydrogen (secondary N) is 2. The summed E-state index contributed by atoms with van der Waals surface area (Å²) in [6.07, 6.45) is 5.30. The highest BCUT2D eigenvalue weighted by atomic mass is 16.5. The molecule has 0 aliphatic heterocycles. The molecular formula is C22H23N7O2. The molecule has 0 unspecified atom stereocenters. The number of amides is 1. The van der Waals surface area contributed by atoms with Crippen molar-refractivity contribution in [2.45, 2.75) is 25.8 Å². The third-order valence-electron chi connectivity index (χ3n) is 4.74. The van der Waals surface area contributed by atoms with Crippen molar-refractivity contribution < 1.29 is 9.53 Å². The van der Waals surface area contributed by atoms with Gasteiger partial charge in [-0.3, -0.25) is 14.8 Å². The number of tetrazole rings is 1. The average molecular weight is 417 g/mol. The van der Waals surface area contributed by atoms with Gasteiger partial charge in [-0.05, 0) is 40.5 Å². The summed E-state index contributed by atoms with van der Waals surface area (Å²) < 4.78 is 8.00. The highest BCUT2D eigenvalue weighted by Gasteiger charge is 2.11. The predicted octanol–water partition coefficient (Wildman–Crippen LogP) is 2.64. The number of ether oxygens (including phenoxy) is 1. The van der Waals surface area contributed by atoms with Crippen LogP contribution in [0.1, 0.15) is 23.1 Å². The van der Waals surface area contributed by atoms with Crippen LogP contribution in [-0.2, 0) is 24.2 Å². The van der Waals surface area contributed by atoms with Crippen molar-refractivity contribution >= 4 is 11.9 Å². The Kier molecular flexibility index (Phi) is 6.64. The fourth-order valence-electron chi connectivity index (χ4n) is 3.19. The van der Waals surface area contributed by atoms with Gasteiger partial charge < -0.3 is 4.74 Å². The molecule has 9 heteroatoms. The van der Waals surface area contributed by atoms with E-state index in [9.17, 15) is 4.79 Å². The molecule has 2 heterocycles. The lowest BCUT2D eigenvalue weighted by molar-refractivity contribution is -0.116. The van der Waals surface area contributed by atoms with Crippen molar-refractivity contribution in [2.24, 2.45) is 0 Å². The van der Waals surface area contributed by atoms with Gasteiger partial charge in [-0.15, -0.1) is 5.10 Å². The van der Waals surface area contributed by atoms with Gasteiger partial charge in [0.25, 0.3) is 5.95 Å².